The molecule has 0 aliphatic carbocycles. The van der Waals surface area contributed by atoms with Crippen LogP contribution in [0.15, 0.2) is 12.1 Å². The SMILES string of the molecule is COCC(C)N(C)Cc1cc(OC)c(O)c(OC)c1. The summed E-state index contributed by atoms with van der Waals surface area (Å²) in [5.41, 5.74) is 1.01. The minimum atomic E-state index is 0.0290. The maximum absolute atomic E-state index is 9.86. The van der Waals surface area contributed by atoms with Crippen LogP contribution in [0.5, 0.6) is 17.2 Å². The molecule has 1 atom stereocenters. The molecule has 0 saturated carbocycles. The van der Waals surface area contributed by atoms with Crippen LogP contribution < -0.4 is 9.47 Å². The van der Waals surface area contributed by atoms with Crippen molar-refractivity contribution in [1.29, 1.82) is 0 Å². The summed E-state index contributed by atoms with van der Waals surface area (Å²) in [6, 6.07) is 3.93. The summed E-state index contributed by atoms with van der Waals surface area (Å²) in [7, 11) is 6.76. The topological polar surface area (TPSA) is 51.2 Å². The third-order valence-corrected chi connectivity index (χ3v) is 3.13. The third kappa shape index (κ3) is 4.01. The third-order valence-electron chi connectivity index (χ3n) is 3.13. The summed E-state index contributed by atoms with van der Waals surface area (Å²) in [6.07, 6.45) is 0. The van der Waals surface area contributed by atoms with Gasteiger partial charge in [-0.05, 0) is 31.7 Å². The van der Waals surface area contributed by atoms with Crippen molar-refractivity contribution in [2.24, 2.45) is 0 Å². The molecule has 0 heterocycles. The van der Waals surface area contributed by atoms with Crippen molar-refractivity contribution in [1.82, 2.24) is 4.90 Å². The van der Waals surface area contributed by atoms with Gasteiger partial charge in [-0.1, -0.05) is 0 Å². The number of likely N-dealkylation sites (N-methyl/N-ethyl adjacent to an activating group) is 1. The van der Waals surface area contributed by atoms with Gasteiger partial charge in [0.1, 0.15) is 0 Å². The molecule has 5 nitrogen and oxygen atoms in total. The smallest absolute Gasteiger partial charge is 0.200 e. The van der Waals surface area contributed by atoms with E-state index in [0.29, 0.717) is 24.1 Å². The van der Waals surface area contributed by atoms with E-state index in [1.165, 1.54) is 14.2 Å². The summed E-state index contributed by atoms with van der Waals surface area (Å²) in [5.74, 6) is 0.866. The van der Waals surface area contributed by atoms with E-state index in [1.54, 1.807) is 7.11 Å². The molecule has 108 valence electrons. The van der Waals surface area contributed by atoms with E-state index in [2.05, 4.69) is 11.8 Å². The number of aromatic hydroxyl groups is 1. The van der Waals surface area contributed by atoms with Gasteiger partial charge in [-0.3, -0.25) is 4.90 Å². The molecule has 0 aliphatic rings. The second kappa shape index (κ2) is 7.21. The first-order chi connectivity index (χ1) is 9.03. The fourth-order valence-electron chi connectivity index (χ4n) is 1.85. The fourth-order valence-corrected chi connectivity index (χ4v) is 1.85. The Labute approximate surface area is 114 Å². The molecular weight excluding hydrogens is 246 g/mol. The molecule has 0 radical (unpaired) electrons. The van der Waals surface area contributed by atoms with Gasteiger partial charge in [0.05, 0.1) is 20.8 Å². The molecule has 0 fully saturated rings. The Kier molecular flexibility index (Phi) is 5.92. The second-order valence-corrected chi connectivity index (χ2v) is 4.57. The lowest BCUT2D eigenvalue weighted by molar-refractivity contribution is 0.112. The van der Waals surface area contributed by atoms with Crippen molar-refractivity contribution in [3.8, 4) is 17.2 Å². The summed E-state index contributed by atoms with van der Waals surface area (Å²) < 4.78 is 15.4. The number of phenolic OH excluding ortho intramolecular Hbond substituents is 1. The van der Waals surface area contributed by atoms with Gasteiger partial charge in [0.15, 0.2) is 11.5 Å². The van der Waals surface area contributed by atoms with E-state index < -0.39 is 0 Å². The lowest BCUT2D eigenvalue weighted by Gasteiger charge is -2.24. The molecule has 19 heavy (non-hydrogen) atoms. The molecule has 0 aliphatic heterocycles. The first-order valence-electron chi connectivity index (χ1n) is 6.16. The largest absolute Gasteiger partial charge is 0.502 e. The van der Waals surface area contributed by atoms with Crippen LogP contribution in [0.25, 0.3) is 0 Å². The van der Waals surface area contributed by atoms with Crippen LogP contribution in [0, 0.1) is 0 Å². The zero-order chi connectivity index (χ0) is 14.4. The number of methoxy groups -OCH3 is 3. The Hall–Kier alpha value is -1.46. The number of hydrogen-bond donors (Lipinski definition) is 1. The number of hydrogen-bond acceptors (Lipinski definition) is 5. The highest BCUT2D eigenvalue weighted by atomic mass is 16.5. The van der Waals surface area contributed by atoms with E-state index in [-0.39, 0.29) is 5.75 Å². The van der Waals surface area contributed by atoms with Crippen molar-refractivity contribution in [2.75, 3.05) is 35.0 Å². The Morgan fingerprint density at radius 3 is 2.11 bits per heavy atom. The van der Waals surface area contributed by atoms with Crippen molar-refractivity contribution < 1.29 is 19.3 Å². The van der Waals surface area contributed by atoms with Crippen LogP contribution >= 0.6 is 0 Å². The maximum Gasteiger partial charge on any atom is 0.200 e. The average molecular weight is 269 g/mol. The summed E-state index contributed by atoms with van der Waals surface area (Å²) in [4.78, 5) is 2.16. The number of nitrogens with zero attached hydrogens (tertiary/aromatic N) is 1. The van der Waals surface area contributed by atoms with Gasteiger partial charge in [0, 0.05) is 19.7 Å². The Morgan fingerprint density at radius 1 is 1.16 bits per heavy atom. The first kappa shape index (κ1) is 15.6. The molecule has 1 rings (SSSR count). The van der Waals surface area contributed by atoms with Gasteiger partial charge >= 0.3 is 0 Å². The zero-order valence-electron chi connectivity index (χ0n) is 12.3. The number of phenols is 1. The van der Waals surface area contributed by atoms with Crippen molar-refractivity contribution in [3.63, 3.8) is 0 Å². The van der Waals surface area contributed by atoms with Gasteiger partial charge in [-0.2, -0.15) is 0 Å². The van der Waals surface area contributed by atoms with E-state index in [0.717, 1.165) is 12.1 Å². The number of rotatable bonds is 7. The lowest BCUT2D eigenvalue weighted by Crippen LogP contribution is -2.32. The fraction of sp³-hybridized carbons (Fsp3) is 0.571. The maximum atomic E-state index is 9.86. The standard InChI is InChI=1S/C14H23NO4/c1-10(9-17-3)15(2)8-11-6-12(18-4)14(16)13(7-11)19-5/h6-7,10,16H,8-9H2,1-5H3. The van der Waals surface area contributed by atoms with Gasteiger partial charge in [0.2, 0.25) is 5.75 Å². The quantitative estimate of drug-likeness (QED) is 0.819. The molecule has 0 spiro atoms. The lowest BCUT2D eigenvalue weighted by atomic mass is 10.1. The van der Waals surface area contributed by atoms with Crippen LogP contribution in [0.3, 0.4) is 0 Å². The minimum absolute atomic E-state index is 0.0290. The number of ether oxygens (including phenoxy) is 3. The highest BCUT2D eigenvalue weighted by Crippen LogP contribution is 2.37. The summed E-state index contributed by atoms with van der Waals surface area (Å²) >= 11 is 0. The number of benzene rings is 1. The van der Waals surface area contributed by atoms with Gasteiger partial charge < -0.3 is 19.3 Å². The molecule has 0 saturated heterocycles. The van der Waals surface area contributed by atoms with Crippen molar-refractivity contribution >= 4 is 0 Å². The predicted octanol–water partition coefficient (Wildman–Crippen LogP) is 1.88. The summed E-state index contributed by atoms with van der Waals surface area (Å²) in [6.45, 7) is 3.48. The van der Waals surface area contributed by atoms with E-state index in [1.807, 2.05) is 19.2 Å². The molecular formula is C14H23NO4. The van der Waals surface area contributed by atoms with Crippen molar-refractivity contribution in [2.45, 2.75) is 19.5 Å². The normalized spacial score (nSPS) is 12.5. The highest BCUT2D eigenvalue weighted by Gasteiger charge is 2.14. The molecule has 1 unspecified atom stereocenters. The molecule has 1 aromatic rings. The van der Waals surface area contributed by atoms with E-state index in [4.69, 9.17) is 14.2 Å². The van der Waals surface area contributed by atoms with Crippen LogP contribution in [-0.4, -0.2) is 51.0 Å². The van der Waals surface area contributed by atoms with Crippen LogP contribution in [0.1, 0.15) is 12.5 Å². The van der Waals surface area contributed by atoms with Gasteiger partial charge in [-0.25, -0.2) is 0 Å². The van der Waals surface area contributed by atoms with Crippen molar-refractivity contribution in [3.05, 3.63) is 17.7 Å². The second-order valence-electron chi connectivity index (χ2n) is 4.57. The Morgan fingerprint density at radius 2 is 1.68 bits per heavy atom. The molecule has 0 aromatic heterocycles. The zero-order valence-corrected chi connectivity index (χ0v) is 12.3. The van der Waals surface area contributed by atoms with Crippen LogP contribution in [0.4, 0.5) is 0 Å². The Balaban J connectivity index is 2.89. The molecule has 0 amide bonds. The monoisotopic (exact) mass is 269 g/mol. The van der Waals surface area contributed by atoms with Crippen LogP contribution in [0.2, 0.25) is 0 Å². The van der Waals surface area contributed by atoms with Gasteiger partial charge in [-0.15, -0.1) is 0 Å². The average Bonchev–Trinajstić information content (AvgIpc) is 2.40. The van der Waals surface area contributed by atoms with E-state index in [9.17, 15) is 5.11 Å². The Bertz CT molecular complexity index is 383. The first-order valence-corrected chi connectivity index (χ1v) is 6.16. The molecule has 1 aromatic carbocycles. The van der Waals surface area contributed by atoms with Gasteiger partial charge in [0.25, 0.3) is 0 Å². The summed E-state index contributed by atoms with van der Waals surface area (Å²) in [5, 5.41) is 9.86. The minimum Gasteiger partial charge on any atom is -0.502 e. The van der Waals surface area contributed by atoms with E-state index >= 15 is 0 Å². The molecule has 1 N–H and O–H groups in total. The molecule has 0 bridgehead atoms. The molecule has 5 heteroatoms. The van der Waals surface area contributed by atoms with Crippen LogP contribution in [-0.2, 0) is 11.3 Å². The highest BCUT2D eigenvalue weighted by molar-refractivity contribution is 5.52. The predicted molar refractivity (Wildman–Crippen MR) is 74.0 cm³/mol.